The molecule has 1 fully saturated rings. The molecule has 0 saturated heterocycles. The van der Waals surface area contributed by atoms with Gasteiger partial charge in [0.2, 0.25) is 0 Å². The molecule has 0 aromatic heterocycles. The van der Waals surface area contributed by atoms with Gasteiger partial charge in [-0.25, -0.2) is 4.39 Å². The number of nitro benzene ring substituents is 1. The summed E-state index contributed by atoms with van der Waals surface area (Å²) in [4.78, 5) is 21.8. The lowest BCUT2D eigenvalue weighted by atomic mass is 10.0. The highest BCUT2D eigenvalue weighted by Crippen LogP contribution is 2.27. The quantitative estimate of drug-likeness (QED) is 0.665. The van der Waals surface area contributed by atoms with Gasteiger partial charge in [-0.15, -0.1) is 0 Å². The van der Waals surface area contributed by atoms with Crippen molar-refractivity contribution in [1.29, 1.82) is 0 Å². The molecule has 1 amide bonds. The number of rotatable bonds is 5. The minimum atomic E-state index is -0.742. The van der Waals surface area contributed by atoms with Crippen LogP contribution in [-0.2, 0) is 0 Å². The van der Waals surface area contributed by atoms with E-state index in [0.717, 1.165) is 24.6 Å². The summed E-state index contributed by atoms with van der Waals surface area (Å²) in [6.45, 7) is 0.478. The summed E-state index contributed by atoms with van der Waals surface area (Å²) >= 11 is 0. The van der Waals surface area contributed by atoms with E-state index in [-0.39, 0.29) is 11.3 Å². The van der Waals surface area contributed by atoms with Gasteiger partial charge in [0, 0.05) is 18.7 Å². The zero-order chi connectivity index (χ0) is 14.5. The number of amides is 1. The number of nitrogens with zero attached hydrogens (tertiary/aromatic N) is 1. The molecule has 108 valence electrons. The van der Waals surface area contributed by atoms with Crippen LogP contribution < -0.4 is 5.32 Å². The molecule has 0 atom stereocenters. The molecule has 5 nitrogen and oxygen atoms in total. The van der Waals surface area contributed by atoms with E-state index in [1.165, 1.54) is 25.7 Å². The van der Waals surface area contributed by atoms with E-state index < -0.39 is 16.6 Å². The molecule has 1 aromatic carbocycles. The van der Waals surface area contributed by atoms with E-state index in [0.29, 0.717) is 12.5 Å². The van der Waals surface area contributed by atoms with Crippen LogP contribution in [0.25, 0.3) is 0 Å². The zero-order valence-electron chi connectivity index (χ0n) is 11.1. The molecule has 0 spiro atoms. The van der Waals surface area contributed by atoms with Gasteiger partial charge in [0.25, 0.3) is 11.6 Å². The second kappa shape index (κ2) is 6.45. The van der Waals surface area contributed by atoms with Gasteiger partial charge in [0.15, 0.2) is 0 Å². The summed E-state index contributed by atoms with van der Waals surface area (Å²) in [6.07, 6.45) is 5.71. The molecular weight excluding hydrogens is 263 g/mol. The summed E-state index contributed by atoms with van der Waals surface area (Å²) in [7, 11) is 0. The van der Waals surface area contributed by atoms with E-state index in [2.05, 4.69) is 5.32 Å². The van der Waals surface area contributed by atoms with Gasteiger partial charge < -0.3 is 5.32 Å². The fraction of sp³-hybridized carbons (Fsp3) is 0.500. The fourth-order valence-corrected chi connectivity index (χ4v) is 2.58. The Morgan fingerprint density at radius 3 is 2.75 bits per heavy atom. The second-order valence-corrected chi connectivity index (χ2v) is 5.12. The third kappa shape index (κ3) is 3.53. The molecule has 20 heavy (non-hydrogen) atoms. The molecule has 2 rings (SSSR count). The first kappa shape index (κ1) is 14.4. The van der Waals surface area contributed by atoms with Gasteiger partial charge in [0.05, 0.1) is 10.5 Å². The van der Waals surface area contributed by atoms with Crippen LogP contribution in [-0.4, -0.2) is 17.4 Å². The van der Waals surface area contributed by atoms with Crippen LogP contribution in [0, 0.1) is 21.8 Å². The number of carbonyl (C=O) groups is 1. The molecule has 1 aliphatic rings. The number of nitrogens with one attached hydrogen (secondary N) is 1. The first-order valence-corrected chi connectivity index (χ1v) is 6.80. The van der Waals surface area contributed by atoms with Crippen molar-refractivity contribution in [1.82, 2.24) is 5.32 Å². The molecule has 0 aliphatic heterocycles. The number of nitro groups is 1. The van der Waals surface area contributed by atoms with E-state index >= 15 is 0 Å². The van der Waals surface area contributed by atoms with Crippen molar-refractivity contribution in [2.24, 2.45) is 5.92 Å². The number of hydrogen-bond acceptors (Lipinski definition) is 3. The van der Waals surface area contributed by atoms with Gasteiger partial charge in [-0.3, -0.25) is 14.9 Å². The summed E-state index contributed by atoms with van der Waals surface area (Å²) in [5.74, 6) is -0.705. The maximum Gasteiger partial charge on any atom is 0.270 e. The fourth-order valence-electron chi connectivity index (χ4n) is 2.58. The minimum Gasteiger partial charge on any atom is -0.352 e. The number of carbonyl (C=O) groups excluding carboxylic acids is 1. The SMILES string of the molecule is O=C(NCCC1CCCC1)c1cc([N+](=O)[O-])ccc1F. The van der Waals surface area contributed by atoms with Gasteiger partial charge >= 0.3 is 0 Å². The van der Waals surface area contributed by atoms with Crippen LogP contribution in [0.5, 0.6) is 0 Å². The number of hydrogen-bond donors (Lipinski definition) is 1. The van der Waals surface area contributed by atoms with Crippen molar-refractivity contribution in [2.75, 3.05) is 6.54 Å². The highest BCUT2D eigenvalue weighted by molar-refractivity contribution is 5.95. The Morgan fingerprint density at radius 1 is 1.40 bits per heavy atom. The highest BCUT2D eigenvalue weighted by atomic mass is 19.1. The van der Waals surface area contributed by atoms with Crippen molar-refractivity contribution in [3.05, 3.63) is 39.7 Å². The molecule has 0 radical (unpaired) electrons. The van der Waals surface area contributed by atoms with Crippen LogP contribution in [0.1, 0.15) is 42.5 Å². The lowest BCUT2D eigenvalue weighted by Crippen LogP contribution is -2.26. The standard InChI is InChI=1S/C14H17FN2O3/c15-13-6-5-11(17(19)20)9-12(13)14(18)16-8-7-10-3-1-2-4-10/h5-6,9-10H,1-4,7-8H2,(H,16,18). The van der Waals surface area contributed by atoms with E-state index in [1.807, 2.05) is 0 Å². The smallest absolute Gasteiger partial charge is 0.270 e. The predicted molar refractivity (Wildman–Crippen MR) is 72.0 cm³/mol. The van der Waals surface area contributed by atoms with Crippen LogP contribution in [0.15, 0.2) is 18.2 Å². The average molecular weight is 280 g/mol. The third-order valence-electron chi connectivity index (χ3n) is 3.72. The maximum atomic E-state index is 13.5. The monoisotopic (exact) mass is 280 g/mol. The van der Waals surface area contributed by atoms with Crippen LogP contribution in [0.3, 0.4) is 0 Å². The zero-order valence-corrected chi connectivity index (χ0v) is 11.1. The Hall–Kier alpha value is -1.98. The number of halogens is 1. The van der Waals surface area contributed by atoms with Gasteiger partial charge in [-0.1, -0.05) is 25.7 Å². The normalized spacial score (nSPS) is 15.2. The summed E-state index contributed by atoms with van der Waals surface area (Å²) in [5, 5.41) is 13.3. The molecular formula is C14H17FN2O3. The van der Waals surface area contributed by atoms with Gasteiger partial charge in [-0.2, -0.15) is 0 Å². The molecule has 1 saturated carbocycles. The summed E-state index contributed by atoms with van der Waals surface area (Å²) < 4.78 is 13.5. The molecule has 1 aliphatic carbocycles. The van der Waals surface area contributed by atoms with Gasteiger partial charge in [0.1, 0.15) is 5.82 Å². The maximum absolute atomic E-state index is 13.5. The lowest BCUT2D eigenvalue weighted by molar-refractivity contribution is -0.384. The van der Waals surface area contributed by atoms with Crippen LogP contribution in [0.2, 0.25) is 0 Å². The molecule has 1 aromatic rings. The summed E-state index contributed by atoms with van der Waals surface area (Å²) in [5.41, 5.74) is -0.557. The van der Waals surface area contributed by atoms with Crippen molar-refractivity contribution >= 4 is 11.6 Å². The van der Waals surface area contributed by atoms with Gasteiger partial charge in [-0.05, 0) is 18.4 Å². The Morgan fingerprint density at radius 2 is 2.10 bits per heavy atom. The molecule has 0 unspecified atom stereocenters. The Kier molecular flexibility index (Phi) is 4.65. The first-order valence-electron chi connectivity index (χ1n) is 6.80. The predicted octanol–water partition coefficient (Wildman–Crippen LogP) is 3.04. The van der Waals surface area contributed by atoms with Crippen molar-refractivity contribution in [3.8, 4) is 0 Å². The van der Waals surface area contributed by atoms with Crippen molar-refractivity contribution in [3.63, 3.8) is 0 Å². The third-order valence-corrected chi connectivity index (χ3v) is 3.72. The largest absolute Gasteiger partial charge is 0.352 e. The highest BCUT2D eigenvalue weighted by Gasteiger charge is 2.18. The molecule has 6 heteroatoms. The van der Waals surface area contributed by atoms with Crippen molar-refractivity contribution < 1.29 is 14.1 Å². The second-order valence-electron chi connectivity index (χ2n) is 5.12. The van der Waals surface area contributed by atoms with Crippen molar-refractivity contribution in [2.45, 2.75) is 32.1 Å². The van der Waals surface area contributed by atoms with Crippen LogP contribution in [0.4, 0.5) is 10.1 Å². The van der Waals surface area contributed by atoms with E-state index in [9.17, 15) is 19.3 Å². The Bertz CT molecular complexity index is 513. The Labute approximate surface area is 116 Å². The summed E-state index contributed by atoms with van der Waals surface area (Å²) in [6, 6.07) is 2.97. The van der Waals surface area contributed by atoms with Crippen LogP contribution >= 0.6 is 0 Å². The molecule has 1 N–H and O–H groups in total. The number of non-ortho nitro benzene ring substituents is 1. The Balaban J connectivity index is 1.94. The van der Waals surface area contributed by atoms with E-state index in [1.54, 1.807) is 0 Å². The topological polar surface area (TPSA) is 72.2 Å². The number of benzene rings is 1. The van der Waals surface area contributed by atoms with E-state index in [4.69, 9.17) is 0 Å². The molecule has 0 bridgehead atoms. The average Bonchev–Trinajstić information content (AvgIpc) is 2.92. The first-order chi connectivity index (χ1) is 9.58. The lowest BCUT2D eigenvalue weighted by Gasteiger charge is -2.10. The minimum absolute atomic E-state index is 0.273. The molecule has 0 heterocycles.